The molecule has 332 valence electrons. The fraction of sp³-hybridized carbons (Fsp3) is 0.417. The number of aryl methyl sites for hydroxylation is 1. The average molecular weight is 896 g/mol. The number of allylic oxidation sites excluding steroid dienone is 1. The topological polar surface area (TPSA) is 171 Å². The van der Waals surface area contributed by atoms with Gasteiger partial charge in [0.1, 0.15) is 17.1 Å². The number of nitrogens with one attached hydrogen (secondary N) is 2. The molecule has 1 saturated heterocycles. The van der Waals surface area contributed by atoms with Crippen LogP contribution in [0.4, 0.5) is 11.4 Å². The van der Waals surface area contributed by atoms with Gasteiger partial charge >= 0.3 is 0 Å². The predicted octanol–water partition coefficient (Wildman–Crippen LogP) is 9.70. The maximum atomic E-state index is 14.0. The van der Waals surface area contributed by atoms with Crippen molar-refractivity contribution >= 4 is 55.5 Å². The summed E-state index contributed by atoms with van der Waals surface area (Å²) < 4.78 is 35.9. The standard InChI is InChI=1S/C48H55ClN6O7S/c1-47(2)18-16-36(42(29-47)33-6-9-37(49)10-7-33)31-53-22-24-54(25-23-53)38-11-13-41(44(27-38)62-39-26-35-17-21-50-45(35)51-30-39)46(56)52-63(60,61)40-12-8-34(43(28-40)55(58)59)5-4-32-14-19-48(3,57)20-15-32/h6-13,17,21,26-28,30,32,57H,4-5,14-16,18-20,22-25,29,31H2,1-3H3,(H,50,51)(H,52,56). The van der Waals surface area contributed by atoms with Gasteiger partial charge in [-0.15, -0.1) is 0 Å². The number of ether oxygens (including phenoxy) is 1. The Morgan fingerprint density at radius 1 is 1.00 bits per heavy atom. The largest absolute Gasteiger partial charge is 0.455 e. The number of carbonyl (C=O) groups excluding carboxylic acids is 1. The molecule has 1 saturated carbocycles. The van der Waals surface area contributed by atoms with E-state index in [1.807, 2.05) is 25.1 Å². The molecule has 5 aromatic rings. The highest BCUT2D eigenvalue weighted by Gasteiger charge is 2.32. The minimum atomic E-state index is -4.55. The molecule has 0 bridgehead atoms. The maximum Gasteiger partial charge on any atom is 0.273 e. The zero-order valence-corrected chi connectivity index (χ0v) is 37.6. The van der Waals surface area contributed by atoms with Crippen LogP contribution in [0.15, 0.2) is 95.7 Å². The van der Waals surface area contributed by atoms with E-state index in [0.717, 1.165) is 87.0 Å². The van der Waals surface area contributed by atoms with Crippen molar-refractivity contribution in [2.75, 3.05) is 37.6 Å². The first kappa shape index (κ1) is 44.3. The quantitative estimate of drug-likeness (QED) is 0.0764. The van der Waals surface area contributed by atoms with E-state index < -0.39 is 31.4 Å². The summed E-state index contributed by atoms with van der Waals surface area (Å²) in [7, 11) is -4.55. The smallest absolute Gasteiger partial charge is 0.273 e. The van der Waals surface area contributed by atoms with E-state index in [4.69, 9.17) is 16.3 Å². The number of halogens is 1. The maximum absolute atomic E-state index is 14.0. The molecule has 3 heterocycles. The van der Waals surface area contributed by atoms with Crippen LogP contribution in [0, 0.1) is 21.4 Å². The van der Waals surface area contributed by atoms with Crippen molar-refractivity contribution < 1.29 is 28.0 Å². The number of nitrogens with zero attached hydrogens (tertiary/aromatic N) is 4. The van der Waals surface area contributed by atoms with E-state index in [1.165, 1.54) is 35.0 Å². The minimum Gasteiger partial charge on any atom is -0.455 e. The number of benzene rings is 3. The van der Waals surface area contributed by atoms with Crippen LogP contribution in [-0.2, 0) is 16.4 Å². The second-order valence-corrected chi connectivity index (χ2v) is 20.6. The van der Waals surface area contributed by atoms with Crippen molar-refractivity contribution in [3.8, 4) is 11.5 Å². The summed E-state index contributed by atoms with van der Waals surface area (Å²) >= 11 is 6.24. The molecule has 3 aromatic carbocycles. The highest BCUT2D eigenvalue weighted by atomic mass is 35.5. The highest BCUT2D eigenvalue weighted by Crippen LogP contribution is 2.44. The van der Waals surface area contributed by atoms with Crippen molar-refractivity contribution in [2.24, 2.45) is 11.3 Å². The first-order valence-electron chi connectivity index (χ1n) is 21.8. The van der Waals surface area contributed by atoms with Crippen LogP contribution in [0.25, 0.3) is 16.6 Å². The van der Waals surface area contributed by atoms with E-state index >= 15 is 0 Å². The lowest BCUT2D eigenvalue weighted by atomic mass is 9.72. The Labute approximate surface area is 373 Å². The number of sulfonamides is 1. The van der Waals surface area contributed by atoms with Gasteiger partial charge in [-0.05, 0) is 130 Å². The van der Waals surface area contributed by atoms with Crippen molar-refractivity contribution in [1.29, 1.82) is 0 Å². The van der Waals surface area contributed by atoms with Gasteiger partial charge in [-0.25, -0.2) is 18.1 Å². The SMILES string of the molecule is CC1(C)CCC(CN2CCN(c3ccc(C(=O)NS(=O)(=O)c4ccc(CCC5CCC(C)(O)CC5)c([N+](=O)[O-])c4)c(Oc4cnc5[nH]ccc5c4)c3)CC2)=C(c2ccc(Cl)cc2)C1. The third-order valence-corrected chi connectivity index (χ3v) is 14.7. The Hall–Kier alpha value is -5.28. The molecule has 0 radical (unpaired) electrons. The molecule has 63 heavy (non-hydrogen) atoms. The van der Waals surface area contributed by atoms with Gasteiger partial charge in [0, 0.05) is 72.7 Å². The van der Waals surface area contributed by atoms with E-state index in [-0.39, 0.29) is 22.4 Å². The minimum absolute atomic E-state index is 0.0328. The second kappa shape index (κ2) is 18.1. The van der Waals surface area contributed by atoms with E-state index in [0.29, 0.717) is 48.6 Å². The van der Waals surface area contributed by atoms with Crippen LogP contribution in [-0.4, -0.2) is 77.5 Å². The summed E-state index contributed by atoms with van der Waals surface area (Å²) in [6, 6.07) is 20.6. The Kier molecular flexibility index (Phi) is 12.7. The molecule has 8 rings (SSSR count). The molecule has 2 fully saturated rings. The summed E-state index contributed by atoms with van der Waals surface area (Å²) in [4.78, 5) is 37.3. The molecule has 13 nitrogen and oxygen atoms in total. The number of hydrogen-bond acceptors (Lipinski definition) is 10. The number of anilines is 1. The number of nitro groups is 1. The number of nitro benzene ring substituents is 1. The Morgan fingerprint density at radius 3 is 2.48 bits per heavy atom. The number of aliphatic hydroxyl groups is 1. The van der Waals surface area contributed by atoms with Gasteiger partial charge in [0.15, 0.2) is 0 Å². The molecule has 3 N–H and O–H groups in total. The van der Waals surface area contributed by atoms with Gasteiger partial charge in [0.25, 0.3) is 21.6 Å². The van der Waals surface area contributed by atoms with Gasteiger partial charge in [-0.2, -0.15) is 0 Å². The molecule has 0 atom stereocenters. The van der Waals surface area contributed by atoms with E-state index in [1.54, 1.807) is 30.5 Å². The van der Waals surface area contributed by atoms with Gasteiger partial charge in [0.2, 0.25) is 0 Å². The first-order valence-corrected chi connectivity index (χ1v) is 23.6. The van der Waals surface area contributed by atoms with Gasteiger partial charge < -0.3 is 19.7 Å². The predicted molar refractivity (Wildman–Crippen MR) is 246 cm³/mol. The lowest BCUT2D eigenvalue weighted by molar-refractivity contribution is -0.385. The van der Waals surface area contributed by atoms with Crippen molar-refractivity contribution in [3.63, 3.8) is 0 Å². The summed E-state index contributed by atoms with van der Waals surface area (Å²) in [5.74, 6) is -0.149. The average Bonchev–Trinajstić information content (AvgIpc) is 3.72. The number of rotatable bonds is 13. The summed E-state index contributed by atoms with van der Waals surface area (Å²) in [6.07, 6.45) is 10.6. The number of H-pyrrole nitrogens is 1. The normalized spacial score (nSPS) is 20.8. The lowest BCUT2D eigenvalue weighted by Gasteiger charge is -2.39. The second-order valence-electron chi connectivity index (χ2n) is 18.5. The number of pyridine rings is 1. The molecule has 15 heteroatoms. The van der Waals surface area contributed by atoms with Crippen LogP contribution in [0.3, 0.4) is 0 Å². The summed E-state index contributed by atoms with van der Waals surface area (Å²) in [5.41, 5.74) is 5.18. The zero-order valence-electron chi connectivity index (χ0n) is 36.0. The van der Waals surface area contributed by atoms with E-state index in [2.05, 4.69) is 50.5 Å². The first-order chi connectivity index (χ1) is 30.0. The molecule has 2 aliphatic carbocycles. The molecule has 1 amide bonds. The molecule has 3 aliphatic rings. The Balaban J connectivity index is 0.993. The number of hydrogen-bond donors (Lipinski definition) is 3. The number of amides is 1. The van der Waals surface area contributed by atoms with Gasteiger partial charge in [-0.1, -0.05) is 49.2 Å². The summed E-state index contributed by atoms with van der Waals surface area (Å²) in [5, 5.41) is 24.0. The number of aromatic nitrogens is 2. The van der Waals surface area contributed by atoms with Crippen LogP contribution in [0.2, 0.25) is 5.02 Å². The van der Waals surface area contributed by atoms with Crippen LogP contribution in [0.1, 0.15) is 93.6 Å². The molecular formula is C48H55ClN6O7S. The fourth-order valence-corrected chi connectivity index (χ4v) is 10.4. The lowest BCUT2D eigenvalue weighted by Crippen LogP contribution is -2.47. The van der Waals surface area contributed by atoms with Crippen LogP contribution in [0.5, 0.6) is 11.5 Å². The Morgan fingerprint density at radius 2 is 1.75 bits per heavy atom. The Bertz CT molecular complexity index is 2640. The summed E-state index contributed by atoms with van der Waals surface area (Å²) in [6.45, 7) is 10.5. The highest BCUT2D eigenvalue weighted by molar-refractivity contribution is 7.90. The van der Waals surface area contributed by atoms with Crippen molar-refractivity contribution in [3.05, 3.63) is 123 Å². The molecular weight excluding hydrogens is 840 g/mol. The number of aromatic amines is 1. The van der Waals surface area contributed by atoms with E-state index in [9.17, 15) is 28.4 Å². The third-order valence-electron chi connectivity index (χ3n) is 13.1. The van der Waals surface area contributed by atoms with Crippen LogP contribution < -0.4 is 14.4 Å². The zero-order chi connectivity index (χ0) is 44.5. The number of piperazine rings is 1. The van der Waals surface area contributed by atoms with Crippen molar-refractivity contribution in [2.45, 2.75) is 89.1 Å². The third kappa shape index (κ3) is 10.6. The molecule has 2 aromatic heterocycles. The van der Waals surface area contributed by atoms with Gasteiger partial charge in [0.05, 0.1) is 27.2 Å². The molecule has 0 spiro atoms. The fourth-order valence-electron chi connectivity index (χ4n) is 9.26. The van der Waals surface area contributed by atoms with Crippen molar-refractivity contribution in [1.82, 2.24) is 19.6 Å². The van der Waals surface area contributed by atoms with Crippen LogP contribution >= 0.6 is 11.6 Å². The number of fused-ring (bicyclic) bond motifs is 1. The monoisotopic (exact) mass is 894 g/mol. The number of carbonyl (C=O) groups is 1. The molecule has 1 aliphatic heterocycles. The van der Waals surface area contributed by atoms with Gasteiger partial charge in [-0.3, -0.25) is 19.8 Å². The molecule has 0 unspecified atom stereocenters.